The van der Waals surface area contributed by atoms with Crippen molar-refractivity contribution in [2.45, 2.75) is 6.92 Å². The lowest BCUT2D eigenvalue weighted by atomic mass is 10.2. The molecule has 0 bridgehead atoms. The fourth-order valence-electron chi connectivity index (χ4n) is 2.03. The van der Waals surface area contributed by atoms with Gasteiger partial charge in [0, 0.05) is 7.05 Å². The van der Waals surface area contributed by atoms with Gasteiger partial charge in [0.25, 0.3) is 5.91 Å². The van der Waals surface area contributed by atoms with Crippen LogP contribution in [0.3, 0.4) is 0 Å². The molecular weight excluding hydrogens is 302 g/mol. The van der Waals surface area contributed by atoms with Crippen molar-refractivity contribution in [2.24, 2.45) is 12.1 Å². The Morgan fingerprint density at radius 3 is 2.65 bits per heavy atom. The van der Waals surface area contributed by atoms with E-state index in [0.717, 1.165) is 10.2 Å². The van der Waals surface area contributed by atoms with E-state index in [0.29, 0.717) is 5.75 Å². The van der Waals surface area contributed by atoms with Gasteiger partial charge in [-0.15, -0.1) is 0 Å². The molecule has 2 aromatic rings. The van der Waals surface area contributed by atoms with Crippen LogP contribution in [-0.4, -0.2) is 33.9 Å². The second-order valence-corrected chi connectivity index (χ2v) is 4.64. The van der Waals surface area contributed by atoms with E-state index in [1.165, 1.54) is 20.2 Å². The first-order chi connectivity index (χ1) is 10.9. The second-order valence-electron chi connectivity index (χ2n) is 4.64. The molecule has 0 atom stereocenters. The Kier molecular flexibility index (Phi) is 4.69. The third-order valence-electron chi connectivity index (χ3n) is 3.08. The number of aryl methyl sites for hydroxylation is 2. The third-order valence-corrected chi connectivity index (χ3v) is 3.08. The standard InChI is InChI=1S/C14H15N5O4/c1-9-12(19(21)22)13(18(2)17-9)14(20)16-15-8-10-4-6-11(23-3)7-5-10/h4-8H,1-3H3,(H,16,20)/b15-8-. The predicted octanol–water partition coefficient (Wildman–Crippen LogP) is 1.41. The molecule has 0 unspecified atom stereocenters. The molecule has 1 amide bonds. The summed E-state index contributed by atoms with van der Waals surface area (Å²) >= 11 is 0. The zero-order valence-corrected chi connectivity index (χ0v) is 12.8. The molecule has 120 valence electrons. The van der Waals surface area contributed by atoms with Crippen LogP contribution in [0.2, 0.25) is 0 Å². The first-order valence-electron chi connectivity index (χ1n) is 6.59. The number of hydrazone groups is 1. The summed E-state index contributed by atoms with van der Waals surface area (Å²) in [6.45, 7) is 1.47. The smallest absolute Gasteiger partial charge is 0.322 e. The molecule has 1 N–H and O–H groups in total. The average Bonchev–Trinajstić information content (AvgIpc) is 2.82. The van der Waals surface area contributed by atoms with Crippen LogP contribution in [-0.2, 0) is 7.05 Å². The maximum Gasteiger partial charge on any atom is 0.322 e. The van der Waals surface area contributed by atoms with E-state index in [2.05, 4.69) is 15.6 Å². The lowest BCUT2D eigenvalue weighted by molar-refractivity contribution is -0.385. The highest BCUT2D eigenvalue weighted by atomic mass is 16.6. The Morgan fingerprint density at radius 1 is 1.43 bits per heavy atom. The topological polar surface area (TPSA) is 112 Å². The number of nitrogens with zero attached hydrogens (tertiary/aromatic N) is 4. The first kappa shape index (κ1) is 16.1. The first-order valence-corrected chi connectivity index (χ1v) is 6.59. The Hall–Kier alpha value is -3.23. The molecule has 0 aliphatic carbocycles. The van der Waals surface area contributed by atoms with Gasteiger partial charge < -0.3 is 4.74 Å². The number of ether oxygens (including phenoxy) is 1. The minimum atomic E-state index is -0.704. The van der Waals surface area contributed by atoms with Gasteiger partial charge in [0.05, 0.1) is 18.2 Å². The number of hydrogen-bond donors (Lipinski definition) is 1. The third kappa shape index (κ3) is 3.51. The number of nitrogens with one attached hydrogen (secondary N) is 1. The Morgan fingerprint density at radius 2 is 2.09 bits per heavy atom. The number of benzene rings is 1. The molecule has 23 heavy (non-hydrogen) atoms. The van der Waals surface area contributed by atoms with Crippen molar-refractivity contribution < 1.29 is 14.5 Å². The van der Waals surface area contributed by atoms with Crippen LogP contribution in [0.4, 0.5) is 5.69 Å². The highest BCUT2D eigenvalue weighted by Crippen LogP contribution is 2.21. The maximum atomic E-state index is 12.1. The van der Waals surface area contributed by atoms with Gasteiger partial charge in [-0.3, -0.25) is 19.6 Å². The Bertz CT molecular complexity index is 764. The van der Waals surface area contributed by atoms with Gasteiger partial charge >= 0.3 is 5.69 Å². The highest BCUT2D eigenvalue weighted by molar-refractivity contribution is 5.97. The van der Waals surface area contributed by atoms with E-state index in [-0.39, 0.29) is 17.1 Å². The van der Waals surface area contributed by atoms with E-state index in [1.807, 2.05) is 0 Å². The quantitative estimate of drug-likeness (QED) is 0.509. The normalized spacial score (nSPS) is 10.7. The summed E-state index contributed by atoms with van der Waals surface area (Å²) in [4.78, 5) is 22.5. The number of amides is 1. The summed E-state index contributed by atoms with van der Waals surface area (Å²) in [5, 5.41) is 18.7. The van der Waals surface area contributed by atoms with Crippen LogP contribution in [0.1, 0.15) is 21.7 Å². The van der Waals surface area contributed by atoms with E-state index in [4.69, 9.17) is 4.74 Å². The summed E-state index contributed by atoms with van der Waals surface area (Å²) < 4.78 is 6.19. The molecule has 0 aliphatic heterocycles. The van der Waals surface area contributed by atoms with Crippen molar-refractivity contribution >= 4 is 17.8 Å². The van der Waals surface area contributed by atoms with Crippen LogP contribution in [0.5, 0.6) is 5.75 Å². The zero-order valence-electron chi connectivity index (χ0n) is 12.8. The summed E-state index contributed by atoms with van der Waals surface area (Å²) in [5.41, 5.74) is 2.68. The average molecular weight is 317 g/mol. The Balaban J connectivity index is 2.13. The zero-order chi connectivity index (χ0) is 17.0. The van der Waals surface area contributed by atoms with Gasteiger partial charge in [0.1, 0.15) is 11.4 Å². The molecule has 0 radical (unpaired) electrons. The van der Waals surface area contributed by atoms with Gasteiger partial charge in [0.15, 0.2) is 0 Å². The van der Waals surface area contributed by atoms with Crippen molar-refractivity contribution in [2.75, 3.05) is 7.11 Å². The van der Waals surface area contributed by atoms with Crippen LogP contribution in [0.15, 0.2) is 29.4 Å². The molecule has 0 saturated carbocycles. The van der Waals surface area contributed by atoms with Crippen LogP contribution in [0, 0.1) is 17.0 Å². The molecule has 1 heterocycles. The molecular formula is C14H15N5O4. The molecule has 0 saturated heterocycles. The minimum Gasteiger partial charge on any atom is -0.497 e. The number of hydrogen-bond acceptors (Lipinski definition) is 6. The van der Waals surface area contributed by atoms with Crippen LogP contribution >= 0.6 is 0 Å². The van der Waals surface area contributed by atoms with Crippen LogP contribution < -0.4 is 10.2 Å². The number of aromatic nitrogens is 2. The molecule has 1 aromatic carbocycles. The summed E-state index contributed by atoms with van der Waals surface area (Å²) in [7, 11) is 3.02. The number of methoxy groups -OCH3 is 1. The van der Waals surface area contributed by atoms with Crippen molar-refractivity contribution in [3.8, 4) is 5.75 Å². The van der Waals surface area contributed by atoms with Gasteiger partial charge in [-0.2, -0.15) is 10.2 Å². The maximum absolute atomic E-state index is 12.1. The van der Waals surface area contributed by atoms with E-state index >= 15 is 0 Å². The highest BCUT2D eigenvalue weighted by Gasteiger charge is 2.28. The largest absolute Gasteiger partial charge is 0.497 e. The molecule has 1 aromatic heterocycles. The van der Waals surface area contributed by atoms with Crippen LogP contribution in [0.25, 0.3) is 0 Å². The fraction of sp³-hybridized carbons (Fsp3) is 0.214. The van der Waals surface area contributed by atoms with Gasteiger partial charge in [0.2, 0.25) is 5.69 Å². The van der Waals surface area contributed by atoms with E-state index in [9.17, 15) is 14.9 Å². The van der Waals surface area contributed by atoms with Crippen molar-refractivity contribution in [3.05, 3.63) is 51.3 Å². The van der Waals surface area contributed by atoms with Gasteiger partial charge in [-0.05, 0) is 36.8 Å². The molecule has 0 fully saturated rings. The number of carbonyl (C=O) groups is 1. The van der Waals surface area contributed by atoms with Gasteiger partial charge in [-0.1, -0.05) is 0 Å². The second kappa shape index (κ2) is 6.69. The summed E-state index contributed by atoms with van der Waals surface area (Å²) in [5.74, 6) is -0.00303. The number of carbonyl (C=O) groups excluding carboxylic acids is 1. The molecule has 2 rings (SSSR count). The van der Waals surface area contributed by atoms with Gasteiger partial charge in [-0.25, -0.2) is 5.43 Å². The number of rotatable bonds is 5. The summed E-state index contributed by atoms with van der Waals surface area (Å²) in [6, 6.07) is 7.01. The van der Waals surface area contributed by atoms with Crippen molar-refractivity contribution in [1.82, 2.24) is 15.2 Å². The summed E-state index contributed by atoms with van der Waals surface area (Å²) in [6.07, 6.45) is 1.42. The predicted molar refractivity (Wildman–Crippen MR) is 82.7 cm³/mol. The SMILES string of the molecule is COc1ccc(/C=N\NC(=O)c2c([N+](=O)[O-])c(C)nn2C)cc1. The minimum absolute atomic E-state index is 0.153. The molecule has 0 spiro atoms. The van der Waals surface area contributed by atoms with Crippen molar-refractivity contribution in [1.29, 1.82) is 0 Å². The van der Waals surface area contributed by atoms with E-state index in [1.54, 1.807) is 31.4 Å². The monoisotopic (exact) mass is 317 g/mol. The van der Waals surface area contributed by atoms with E-state index < -0.39 is 10.8 Å². The fourth-order valence-corrected chi connectivity index (χ4v) is 2.03. The molecule has 9 heteroatoms. The lowest BCUT2D eigenvalue weighted by Crippen LogP contribution is -2.22. The van der Waals surface area contributed by atoms with Crippen molar-refractivity contribution in [3.63, 3.8) is 0 Å². The number of nitro groups is 1. The lowest BCUT2D eigenvalue weighted by Gasteiger charge is -2.01. The molecule has 9 nitrogen and oxygen atoms in total. The molecule has 0 aliphatic rings. The Labute approximate surface area is 131 Å².